The number of aryl methyl sites for hydroxylation is 1. The van der Waals surface area contributed by atoms with Crippen LogP contribution in [-0.4, -0.2) is 28.8 Å². The van der Waals surface area contributed by atoms with E-state index in [-0.39, 0.29) is 5.78 Å². The van der Waals surface area contributed by atoms with Crippen LogP contribution >= 0.6 is 0 Å². The Kier molecular flexibility index (Phi) is 3.19. The molecule has 0 aliphatic rings. The molecule has 0 aliphatic heterocycles. The SMILES string of the molecule is CCn1nccc1C(=O)C(C)OC. The van der Waals surface area contributed by atoms with Crippen molar-refractivity contribution in [1.82, 2.24) is 9.78 Å². The van der Waals surface area contributed by atoms with Crippen molar-refractivity contribution in [2.75, 3.05) is 7.11 Å². The number of aromatic nitrogens is 2. The average molecular weight is 182 g/mol. The van der Waals surface area contributed by atoms with Gasteiger partial charge in [0.1, 0.15) is 11.8 Å². The van der Waals surface area contributed by atoms with Gasteiger partial charge < -0.3 is 4.74 Å². The van der Waals surface area contributed by atoms with E-state index in [0.29, 0.717) is 12.2 Å². The minimum absolute atomic E-state index is 0.0261. The Hall–Kier alpha value is -1.16. The summed E-state index contributed by atoms with van der Waals surface area (Å²) in [5.41, 5.74) is 0.608. The molecule has 1 aromatic rings. The number of ketones is 1. The Labute approximate surface area is 77.5 Å². The van der Waals surface area contributed by atoms with Crippen LogP contribution in [0.3, 0.4) is 0 Å². The van der Waals surface area contributed by atoms with Crippen LogP contribution in [0, 0.1) is 0 Å². The van der Waals surface area contributed by atoms with Crippen LogP contribution < -0.4 is 0 Å². The van der Waals surface area contributed by atoms with E-state index < -0.39 is 6.10 Å². The Balaban J connectivity index is 2.88. The van der Waals surface area contributed by atoms with E-state index >= 15 is 0 Å². The first-order valence-electron chi connectivity index (χ1n) is 4.29. The summed E-state index contributed by atoms with van der Waals surface area (Å²) in [5.74, 6) is -0.0261. The van der Waals surface area contributed by atoms with Gasteiger partial charge in [-0.05, 0) is 19.9 Å². The molecule has 0 saturated heterocycles. The van der Waals surface area contributed by atoms with Crippen molar-refractivity contribution >= 4 is 5.78 Å². The molecule has 0 radical (unpaired) electrons. The van der Waals surface area contributed by atoms with E-state index in [1.165, 1.54) is 7.11 Å². The zero-order chi connectivity index (χ0) is 9.84. The van der Waals surface area contributed by atoms with E-state index in [1.54, 1.807) is 23.9 Å². The van der Waals surface area contributed by atoms with E-state index in [1.807, 2.05) is 6.92 Å². The molecule has 0 spiro atoms. The maximum atomic E-state index is 11.6. The first-order valence-corrected chi connectivity index (χ1v) is 4.29. The average Bonchev–Trinajstić information content (AvgIpc) is 2.62. The molecular formula is C9H14N2O2. The lowest BCUT2D eigenvalue weighted by molar-refractivity contribution is 0.0644. The molecule has 0 N–H and O–H groups in total. The van der Waals surface area contributed by atoms with Gasteiger partial charge in [0, 0.05) is 19.9 Å². The molecule has 1 aromatic heterocycles. The standard InChI is InChI=1S/C9H14N2O2/c1-4-11-8(5-6-10-11)9(12)7(2)13-3/h5-7H,4H2,1-3H3. The highest BCUT2D eigenvalue weighted by molar-refractivity contribution is 5.97. The molecule has 72 valence electrons. The summed E-state index contributed by atoms with van der Waals surface area (Å²) >= 11 is 0. The lowest BCUT2D eigenvalue weighted by Gasteiger charge is -2.08. The predicted octanol–water partition coefficient (Wildman–Crippen LogP) is 1.12. The fourth-order valence-corrected chi connectivity index (χ4v) is 1.11. The normalized spacial score (nSPS) is 12.8. The minimum atomic E-state index is -0.401. The number of Topliss-reactive ketones (excluding diaryl/α,β-unsaturated/α-hetero) is 1. The van der Waals surface area contributed by atoms with Crippen LogP contribution in [-0.2, 0) is 11.3 Å². The van der Waals surface area contributed by atoms with Gasteiger partial charge in [-0.3, -0.25) is 9.48 Å². The van der Waals surface area contributed by atoms with Gasteiger partial charge in [0.25, 0.3) is 0 Å². The van der Waals surface area contributed by atoms with E-state index in [4.69, 9.17) is 4.74 Å². The summed E-state index contributed by atoms with van der Waals surface area (Å²) < 4.78 is 6.61. The molecule has 1 heterocycles. The zero-order valence-corrected chi connectivity index (χ0v) is 8.15. The quantitative estimate of drug-likeness (QED) is 0.655. The molecule has 0 amide bonds. The molecule has 13 heavy (non-hydrogen) atoms. The Morgan fingerprint density at radius 1 is 1.77 bits per heavy atom. The summed E-state index contributed by atoms with van der Waals surface area (Å²) in [6.07, 6.45) is 1.22. The molecular weight excluding hydrogens is 168 g/mol. The topological polar surface area (TPSA) is 44.1 Å². The fourth-order valence-electron chi connectivity index (χ4n) is 1.11. The lowest BCUT2D eigenvalue weighted by Crippen LogP contribution is -2.22. The Bertz CT molecular complexity index is 294. The summed E-state index contributed by atoms with van der Waals surface area (Å²) in [5, 5.41) is 4.01. The smallest absolute Gasteiger partial charge is 0.209 e. The number of nitrogens with zero attached hydrogens (tertiary/aromatic N) is 2. The van der Waals surface area contributed by atoms with Gasteiger partial charge in [-0.2, -0.15) is 5.10 Å². The van der Waals surface area contributed by atoms with Crippen LogP contribution in [0.15, 0.2) is 12.3 Å². The van der Waals surface area contributed by atoms with E-state index in [0.717, 1.165) is 0 Å². The minimum Gasteiger partial charge on any atom is -0.374 e. The fraction of sp³-hybridized carbons (Fsp3) is 0.556. The predicted molar refractivity (Wildman–Crippen MR) is 48.7 cm³/mol. The van der Waals surface area contributed by atoms with Gasteiger partial charge in [-0.15, -0.1) is 0 Å². The van der Waals surface area contributed by atoms with Crippen LogP contribution in [0.1, 0.15) is 24.3 Å². The van der Waals surface area contributed by atoms with Crippen molar-refractivity contribution in [1.29, 1.82) is 0 Å². The number of carbonyl (C=O) groups is 1. The number of ether oxygens (including phenoxy) is 1. The van der Waals surface area contributed by atoms with Gasteiger partial charge in [-0.25, -0.2) is 0 Å². The van der Waals surface area contributed by atoms with Crippen LogP contribution in [0.5, 0.6) is 0 Å². The number of hydrogen-bond acceptors (Lipinski definition) is 3. The molecule has 0 fully saturated rings. The monoisotopic (exact) mass is 182 g/mol. The van der Waals surface area contributed by atoms with Gasteiger partial charge in [-0.1, -0.05) is 0 Å². The van der Waals surface area contributed by atoms with Crippen molar-refractivity contribution in [3.63, 3.8) is 0 Å². The second kappa shape index (κ2) is 4.18. The first-order chi connectivity index (χ1) is 6.20. The Morgan fingerprint density at radius 2 is 2.46 bits per heavy atom. The summed E-state index contributed by atoms with van der Waals surface area (Å²) in [6.45, 7) is 4.38. The third kappa shape index (κ3) is 1.95. The van der Waals surface area contributed by atoms with Gasteiger partial charge in [0.15, 0.2) is 0 Å². The maximum Gasteiger partial charge on any atom is 0.209 e. The molecule has 0 saturated carbocycles. The third-order valence-corrected chi connectivity index (χ3v) is 1.99. The first kappa shape index (κ1) is 9.92. The van der Waals surface area contributed by atoms with Crippen molar-refractivity contribution in [3.05, 3.63) is 18.0 Å². The van der Waals surface area contributed by atoms with Crippen molar-refractivity contribution in [2.24, 2.45) is 0 Å². The lowest BCUT2D eigenvalue weighted by atomic mass is 10.2. The van der Waals surface area contributed by atoms with Gasteiger partial charge in [0.2, 0.25) is 5.78 Å². The number of rotatable bonds is 4. The third-order valence-electron chi connectivity index (χ3n) is 1.99. The maximum absolute atomic E-state index is 11.6. The highest BCUT2D eigenvalue weighted by Crippen LogP contribution is 2.05. The number of carbonyl (C=O) groups excluding carboxylic acids is 1. The molecule has 1 atom stereocenters. The molecule has 0 aliphatic carbocycles. The molecule has 4 nitrogen and oxygen atoms in total. The number of methoxy groups -OCH3 is 1. The molecule has 0 bridgehead atoms. The molecule has 4 heteroatoms. The zero-order valence-electron chi connectivity index (χ0n) is 8.15. The van der Waals surface area contributed by atoms with Gasteiger partial charge >= 0.3 is 0 Å². The second-order valence-corrected chi connectivity index (χ2v) is 2.77. The van der Waals surface area contributed by atoms with E-state index in [2.05, 4.69) is 5.10 Å². The Morgan fingerprint density at radius 3 is 3.00 bits per heavy atom. The largest absolute Gasteiger partial charge is 0.374 e. The van der Waals surface area contributed by atoms with Crippen LogP contribution in [0.2, 0.25) is 0 Å². The highest BCUT2D eigenvalue weighted by Gasteiger charge is 2.17. The summed E-state index contributed by atoms with van der Waals surface area (Å²) in [6, 6.07) is 1.71. The van der Waals surface area contributed by atoms with E-state index in [9.17, 15) is 4.79 Å². The molecule has 0 aromatic carbocycles. The van der Waals surface area contributed by atoms with Crippen molar-refractivity contribution in [3.8, 4) is 0 Å². The van der Waals surface area contributed by atoms with Crippen LogP contribution in [0.4, 0.5) is 0 Å². The number of hydrogen-bond donors (Lipinski definition) is 0. The summed E-state index contributed by atoms with van der Waals surface area (Å²) in [4.78, 5) is 11.6. The molecule has 1 rings (SSSR count). The summed E-state index contributed by atoms with van der Waals surface area (Å²) in [7, 11) is 1.52. The second-order valence-electron chi connectivity index (χ2n) is 2.77. The highest BCUT2D eigenvalue weighted by atomic mass is 16.5. The van der Waals surface area contributed by atoms with Crippen molar-refractivity contribution < 1.29 is 9.53 Å². The van der Waals surface area contributed by atoms with Crippen LogP contribution in [0.25, 0.3) is 0 Å². The van der Waals surface area contributed by atoms with Crippen molar-refractivity contribution in [2.45, 2.75) is 26.5 Å². The van der Waals surface area contributed by atoms with Gasteiger partial charge in [0.05, 0.1) is 0 Å². The molecule has 1 unspecified atom stereocenters.